The van der Waals surface area contributed by atoms with Gasteiger partial charge in [0.1, 0.15) is 5.78 Å². The average molecular weight is 148 g/mol. The minimum Gasteiger partial charge on any atom is -0.299 e. The zero-order chi connectivity index (χ0) is 7.90. The van der Waals surface area contributed by atoms with Gasteiger partial charge in [-0.1, -0.05) is 0 Å². The molecule has 2 aliphatic rings. The number of hydrogen-bond acceptors (Lipinski definition) is 1. The molecule has 2 aliphatic carbocycles. The normalized spacial score (nSPS) is 41.0. The molecule has 2 unspecified atom stereocenters. The van der Waals surface area contributed by atoms with Gasteiger partial charge in [0.05, 0.1) is 0 Å². The Balaban J connectivity index is 2.15. The van der Waals surface area contributed by atoms with E-state index in [9.17, 15) is 4.79 Å². The Morgan fingerprint density at radius 2 is 2.55 bits per heavy atom. The molecule has 0 bridgehead atoms. The molecule has 0 heterocycles. The molecule has 2 rings (SSSR count). The molecular weight excluding hydrogens is 136 g/mol. The smallest absolute Gasteiger partial charge is 0.140 e. The summed E-state index contributed by atoms with van der Waals surface area (Å²) in [4.78, 5) is 11.5. The van der Waals surface area contributed by atoms with E-state index in [4.69, 9.17) is 6.42 Å². The van der Waals surface area contributed by atoms with Crippen LogP contribution in [0.5, 0.6) is 0 Å². The van der Waals surface area contributed by atoms with Crippen molar-refractivity contribution in [1.29, 1.82) is 0 Å². The van der Waals surface area contributed by atoms with Gasteiger partial charge in [-0.2, -0.15) is 0 Å². The van der Waals surface area contributed by atoms with Crippen molar-refractivity contribution in [2.24, 2.45) is 11.3 Å². The average Bonchev–Trinajstić information content (AvgIpc) is 2.66. The third kappa shape index (κ3) is 0.822. The van der Waals surface area contributed by atoms with Crippen LogP contribution in [0.25, 0.3) is 0 Å². The van der Waals surface area contributed by atoms with Crippen LogP contribution >= 0.6 is 0 Å². The lowest BCUT2D eigenvalue weighted by atomic mass is 9.85. The first kappa shape index (κ1) is 6.91. The molecule has 0 spiro atoms. The molecule has 0 aliphatic heterocycles. The summed E-state index contributed by atoms with van der Waals surface area (Å²) in [5, 5.41) is 0. The predicted molar refractivity (Wildman–Crippen MR) is 42.8 cm³/mol. The fraction of sp³-hybridized carbons (Fsp3) is 0.700. The van der Waals surface area contributed by atoms with E-state index in [0.717, 1.165) is 19.3 Å². The monoisotopic (exact) mass is 148 g/mol. The van der Waals surface area contributed by atoms with Crippen molar-refractivity contribution in [2.75, 3.05) is 0 Å². The Bertz CT molecular complexity index is 236. The third-order valence-electron chi connectivity index (χ3n) is 3.16. The lowest BCUT2D eigenvalue weighted by molar-refractivity contribution is -0.125. The maximum atomic E-state index is 11.5. The van der Waals surface area contributed by atoms with Crippen molar-refractivity contribution in [3.63, 3.8) is 0 Å². The van der Waals surface area contributed by atoms with Crippen molar-refractivity contribution in [3.8, 4) is 12.3 Å². The van der Waals surface area contributed by atoms with Crippen LogP contribution in [-0.2, 0) is 4.79 Å². The number of carbonyl (C=O) groups is 1. The van der Waals surface area contributed by atoms with E-state index < -0.39 is 0 Å². The molecule has 11 heavy (non-hydrogen) atoms. The molecule has 2 fully saturated rings. The van der Waals surface area contributed by atoms with Crippen molar-refractivity contribution in [1.82, 2.24) is 0 Å². The zero-order valence-electron chi connectivity index (χ0n) is 6.60. The van der Waals surface area contributed by atoms with E-state index in [2.05, 4.69) is 5.92 Å². The van der Waals surface area contributed by atoms with Gasteiger partial charge in [-0.15, -0.1) is 12.3 Å². The van der Waals surface area contributed by atoms with Crippen LogP contribution in [0, 0.1) is 23.7 Å². The number of Topliss-reactive ketones (excluding diaryl/α,β-unsaturated/α-hetero) is 1. The van der Waals surface area contributed by atoms with Crippen LogP contribution in [-0.4, -0.2) is 5.78 Å². The fourth-order valence-electron chi connectivity index (χ4n) is 2.36. The number of ketones is 1. The Kier molecular flexibility index (Phi) is 1.32. The fourth-order valence-corrected chi connectivity index (χ4v) is 2.36. The van der Waals surface area contributed by atoms with Crippen LogP contribution in [0.15, 0.2) is 0 Å². The first-order chi connectivity index (χ1) is 5.29. The number of fused-ring (bicyclic) bond motifs is 1. The number of rotatable bonds is 1. The maximum absolute atomic E-state index is 11.5. The minimum absolute atomic E-state index is 0.0208. The lowest BCUT2D eigenvalue weighted by Gasteiger charge is -2.17. The zero-order valence-corrected chi connectivity index (χ0v) is 6.60. The second-order valence-corrected chi connectivity index (χ2v) is 3.75. The molecule has 1 heteroatoms. The summed E-state index contributed by atoms with van der Waals surface area (Å²) < 4.78 is 0. The molecule has 2 saturated carbocycles. The van der Waals surface area contributed by atoms with E-state index in [1.807, 2.05) is 0 Å². The number of hydrogen-bond donors (Lipinski definition) is 0. The molecule has 0 saturated heterocycles. The van der Waals surface area contributed by atoms with Gasteiger partial charge in [0.2, 0.25) is 0 Å². The lowest BCUT2D eigenvalue weighted by Crippen LogP contribution is -2.21. The van der Waals surface area contributed by atoms with Gasteiger partial charge >= 0.3 is 0 Å². The highest BCUT2D eigenvalue weighted by molar-refractivity contribution is 5.89. The second-order valence-electron chi connectivity index (χ2n) is 3.75. The Labute approximate surface area is 67.2 Å². The minimum atomic E-state index is -0.0208. The van der Waals surface area contributed by atoms with Gasteiger partial charge in [-0.25, -0.2) is 0 Å². The molecule has 58 valence electrons. The molecule has 0 aromatic rings. The van der Waals surface area contributed by atoms with Crippen molar-refractivity contribution in [3.05, 3.63) is 0 Å². The Morgan fingerprint density at radius 3 is 3.18 bits per heavy atom. The molecule has 1 nitrogen and oxygen atoms in total. The van der Waals surface area contributed by atoms with Crippen LogP contribution in [0.2, 0.25) is 0 Å². The van der Waals surface area contributed by atoms with Crippen LogP contribution < -0.4 is 0 Å². The molecule has 0 aromatic carbocycles. The van der Waals surface area contributed by atoms with Crippen LogP contribution in [0.1, 0.15) is 32.1 Å². The van der Waals surface area contributed by atoms with Gasteiger partial charge in [-0.3, -0.25) is 4.79 Å². The largest absolute Gasteiger partial charge is 0.299 e. The predicted octanol–water partition coefficient (Wildman–Crippen LogP) is 1.77. The molecule has 2 atom stereocenters. The number of carbonyl (C=O) groups excluding carboxylic acids is 1. The summed E-state index contributed by atoms with van der Waals surface area (Å²) in [7, 11) is 0. The van der Waals surface area contributed by atoms with Gasteiger partial charge in [-0.05, 0) is 25.2 Å². The maximum Gasteiger partial charge on any atom is 0.140 e. The number of terminal acetylenes is 1. The second kappa shape index (κ2) is 2.11. The van der Waals surface area contributed by atoms with Crippen LogP contribution in [0.4, 0.5) is 0 Å². The summed E-state index contributed by atoms with van der Waals surface area (Å²) in [6, 6.07) is 0. The summed E-state index contributed by atoms with van der Waals surface area (Å²) in [6.45, 7) is 0. The van der Waals surface area contributed by atoms with Crippen molar-refractivity contribution in [2.45, 2.75) is 32.1 Å². The van der Waals surface area contributed by atoms with E-state index in [1.54, 1.807) is 0 Å². The summed E-state index contributed by atoms with van der Waals surface area (Å²) in [5.41, 5.74) is -0.0208. The molecule has 0 aromatic heterocycles. The van der Waals surface area contributed by atoms with E-state index in [1.165, 1.54) is 6.42 Å². The van der Waals surface area contributed by atoms with Crippen molar-refractivity contribution < 1.29 is 4.79 Å². The van der Waals surface area contributed by atoms with E-state index in [-0.39, 0.29) is 5.41 Å². The SMILES string of the molecule is C#CCC12CC1CCCC2=O. The summed E-state index contributed by atoms with van der Waals surface area (Å²) in [5.74, 6) is 3.72. The van der Waals surface area contributed by atoms with Crippen LogP contribution in [0.3, 0.4) is 0 Å². The summed E-state index contributed by atoms with van der Waals surface area (Å²) >= 11 is 0. The highest BCUT2D eigenvalue weighted by atomic mass is 16.1. The van der Waals surface area contributed by atoms with E-state index in [0.29, 0.717) is 18.1 Å². The quantitative estimate of drug-likeness (QED) is 0.518. The van der Waals surface area contributed by atoms with Crippen molar-refractivity contribution >= 4 is 5.78 Å². The Morgan fingerprint density at radius 1 is 1.73 bits per heavy atom. The standard InChI is InChI=1S/C10H12O/c1-2-6-10-7-8(10)4-3-5-9(10)11/h1,8H,3-7H2. The molecule has 0 radical (unpaired) electrons. The highest BCUT2D eigenvalue weighted by Crippen LogP contribution is 2.61. The molecule has 0 N–H and O–H groups in total. The van der Waals surface area contributed by atoms with Gasteiger partial charge in [0.25, 0.3) is 0 Å². The first-order valence-electron chi connectivity index (χ1n) is 4.26. The third-order valence-corrected chi connectivity index (χ3v) is 3.16. The highest BCUT2D eigenvalue weighted by Gasteiger charge is 2.59. The molecule has 0 amide bonds. The first-order valence-corrected chi connectivity index (χ1v) is 4.26. The van der Waals surface area contributed by atoms with Gasteiger partial charge in [0, 0.05) is 18.3 Å². The topological polar surface area (TPSA) is 17.1 Å². The van der Waals surface area contributed by atoms with Gasteiger partial charge < -0.3 is 0 Å². The van der Waals surface area contributed by atoms with E-state index >= 15 is 0 Å². The molecular formula is C10H12O. The van der Waals surface area contributed by atoms with Gasteiger partial charge in [0.15, 0.2) is 0 Å². The Hall–Kier alpha value is -0.770. The summed E-state index contributed by atoms with van der Waals surface area (Å²) in [6.07, 6.45) is 10.1.